The zero-order chi connectivity index (χ0) is 12.5. The highest BCUT2D eigenvalue weighted by Gasteiger charge is 2.26. The first kappa shape index (κ1) is 11.7. The smallest absolute Gasteiger partial charge is 0.222 e. The van der Waals surface area contributed by atoms with E-state index in [2.05, 4.69) is 26.3 Å². The molecule has 1 unspecified atom stereocenters. The summed E-state index contributed by atoms with van der Waals surface area (Å²) >= 11 is 0. The first-order valence-corrected chi connectivity index (χ1v) is 6.83. The van der Waals surface area contributed by atoms with E-state index >= 15 is 0 Å². The first-order valence-electron chi connectivity index (χ1n) is 6.83. The van der Waals surface area contributed by atoms with Gasteiger partial charge in [0.15, 0.2) is 0 Å². The molecule has 3 rings (SSSR count). The Bertz CT molecular complexity index is 429. The average Bonchev–Trinajstić information content (AvgIpc) is 2.74. The number of aromatic nitrogens is 2. The fourth-order valence-corrected chi connectivity index (χ4v) is 2.75. The van der Waals surface area contributed by atoms with Crippen molar-refractivity contribution in [3.63, 3.8) is 0 Å². The summed E-state index contributed by atoms with van der Waals surface area (Å²) in [6.45, 7) is 2.06. The van der Waals surface area contributed by atoms with Crippen LogP contribution in [0.2, 0.25) is 0 Å². The Balaban J connectivity index is 1.81. The van der Waals surface area contributed by atoms with E-state index in [0.717, 1.165) is 24.6 Å². The molecular formula is C13H21N5. The molecule has 3 N–H and O–H groups in total. The molecule has 1 saturated heterocycles. The first-order chi connectivity index (χ1) is 8.76. The fourth-order valence-electron chi connectivity index (χ4n) is 2.75. The molecule has 1 aliphatic heterocycles. The van der Waals surface area contributed by atoms with Gasteiger partial charge in [-0.2, -0.15) is 4.98 Å². The lowest BCUT2D eigenvalue weighted by atomic mass is 9.83. The second kappa shape index (κ2) is 4.72. The maximum absolute atomic E-state index is 5.85. The monoisotopic (exact) mass is 247 g/mol. The highest BCUT2D eigenvalue weighted by Crippen LogP contribution is 2.36. The van der Waals surface area contributed by atoms with Crippen molar-refractivity contribution in [2.24, 2.45) is 0 Å². The van der Waals surface area contributed by atoms with Crippen molar-refractivity contribution < 1.29 is 0 Å². The van der Waals surface area contributed by atoms with Gasteiger partial charge in [0.05, 0.1) is 5.69 Å². The number of hydrogen-bond acceptors (Lipinski definition) is 5. The molecule has 0 spiro atoms. The molecule has 1 atom stereocenters. The maximum Gasteiger partial charge on any atom is 0.222 e. The Hall–Kier alpha value is -1.36. The lowest BCUT2D eigenvalue weighted by molar-refractivity contribution is 0.411. The zero-order valence-corrected chi connectivity index (χ0v) is 10.9. The van der Waals surface area contributed by atoms with Crippen molar-refractivity contribution in [1.82, 2.24) is 15.3 Å². The van der Waals surface area contributed by atoms with Crippen LogP contribution < -0.4 is 16.0 Å². The van der Waals surface area contributed by atoms with E-state index in [0.29, 0.717) is 17.9 Å². The molecule has 2 fully saturated rings. The summed E-state index contributed by atoms with van der Waals surface area (Å²) in [6, 6.07) is 2.70. The molecule has 18 heavy (non-hydrogen) atoms. The van der Waals surface area contributed by atoms with Gasteiger partial charge >= 0.3 is 0 Å². The molecule has 5 nitrogen and oxygen atoms in total. The van der Waals surface area contributed by atoms with Gasteiger partial charge in [-0.1, -0.05) is 6.42 Å². The van der Waals surface area contributed by atoms with Gasteiger partial charge in [-0.15, -0.1) is 0 Å². The van der Waals surface area contributed by atoms with Gasteiger partial charge < -0.3 is 16.0 Å². The average molecular weight is 247 g/mol. The Morgan fingerprint density at radius 2 is 2.17 bits per heavy atom. The standard InChI is InChI=1S/C13H21N5/c1-15-10-5-6-18(8-10)12-7-11(9-3-2-4-9)16-13(14)17-12/h7,9-10,15H,2-6,8H2,1H3,(H2,14,16,17). The number of nitrogens with one attached hydrogen (secondary N) is 1. The Morgan fingerprint density at radius 3 is 2.78 bits per heavy atom. The minimum absolute atomic E-state index is 0.419. The molecule has 0 aromatic carbocycles. The number of nitrogens with two attached hydrogens (primary N) is 1. The number of nitrogen functional groups attached to an aromatic ring is 1. The van der Waals surface area contributed by atoms with Crippen LogP contribution in [0.3, 0.4) is 0 Å². The summed E-state index contributed by atoms with van der Waals surface area (Å²) in [6.07, 6.45) is 4.97. The lowest BCUT2D eigenvalue weighted by Crippen LogP contribution is -2.30. The van der Waals surface area contributed by atoms with Crippen LogP contribution in [0.5, 0.6) is 0 Å². The predicted molar refractivity (Wildman–Crippen MR) is 72.7 cm³/mol. The van der Waals surface area contributed by atoms with Crippen LogP contribution >= 0.6 is 0 Å². The summed E-state index contributed by atoms with van der Waals surface area (Å²) in [5.41, 5.74) is 6.98. The molecular weight excluding hydrogens is 226 g/mol. The van der Waals surface area contributed by atoms with E-state index < -0.39 is 0 Å². The van der Waals surface area contributed by atoms with Crippen LogP contribution in [-0.4, -0.2) is 36.1 Å². The number of rotatable bonds is 3. The second-order valence-electron chi connectivity index (χ2n) is 5.36. The number of nitrogens with zero attached hydrogens (tertiary/aromatic N) is 3. The number of anilines is 2. The minimum atomic E-state index is 0.419. The molecule has 2 aliphatic rings. The van der Waals surface area contributed by atoms with E-state index in [9.17, 15) is 0 Å². The Morgan fingerprint density at radius 1 is 1.33 bits per heavy atom. The largest absolute Gasteiger partial charge is 0.368 e. The number of hydrogen-bond donors (Lipinski definition) is 2. The van der Waals surface area contributed by atoms with Crippen molar-refractivity contribution in [2.45, 2.75) is 37.6 Å². The van der Waals surface area contributed by atoms with Gasteiger partial charge in [-0.25, -0.2) is 4.98 Å². The molecule has 2 heterocycles. The normalized spacial score (nSPS) is 24.3. The molecule has 1 aromatic rings. The summed E-state index contributed by atoms with van der Waals surface area (Å²) in [7, 11) is 2.02. The highest BCUT2D eigenvalue weighted by atomic mass is 15.2. The van der Waals surface area contributed by atoms with Crippen LogP contribution in [0.4, 0.5) is 11.8 Å². The maximum atomic E-state index is 5.85. The van der Waals surface area contributed by atoms with Crippen molar-refractivity contribution >= 4 is 11.8 Å². The lowest BCUT2D eigenvalue weighted by Gasteiger charge is -2.26. The minimum Gasteiger partial charge on any atom is -0.368 e. The Kier molecular flexibility index (Phi) is 3.07. The number of likely N-dealkylation sites (N-methyl/N-ethyl adjacent to an activating group) is 1. The van der Waals surface area contributed by atoms with Gasteiger partial charge in [-0.3, -0.25) is 0 Å². The molecule has 1 aliphatic carbocycles. The zero-order valence-electron chi connectivity index (χ0n) is 10.9. The molecule has 5 heteroatoms. The van der Waals surface area contributed by atoms with Crippen molar-refractivity contribution in [3.8, 4) is 0 Å². The van der Waals surface area contributed by atoms with E-state index in [4.69, 9.17) is 5.73 Å². The van der Waals surface area contributed by atoms with E-state index in [-0.39, 0.29) is 0 Å². The summed E-state index contributed by atoms with van der Waals surface area (Å²) in [5.74, 6) is 2.03. The third-order valence-electron chi connectivity index (χ3n) is 4.19. The molecule has 0 bridgehead atoms. The van der Waals surface area contributed by atoms with Crippen molar-refractivity contribution in [3.05, 3.63) is 11.8 Å². The van der Waals surface area contributed by atoms with Crippen LogP contribution in [0.15, 0.2) is 6.07 Å². The van der Waals surface area contributed by atoms with Crippen LogP contribution in [0, 0.1) is 0 Å². The third-order valence-corrected chi connectivity index (χ3v) is 4.19. The summed E-state index contributed by atoms with van der Waals surface area (Å²) < 4.78 is 0. The quantitative estimate of drug-likeness (QED) is 0.838. The van der Waals surface area contributed by atoms with Crippen LogP contribution in [0.25, 0.3) is 0 Å². The van der Waals surface area contributed by atoms with Gasteiger partial charge in [-0.05, 0) is 26.3 Å². The van der Waals surface area contributed by atoms with Crippen LogP contribution in [-0.2, 0) is 0 Å². The highest BCUT2D eigenvalue weighted by molar-refractivity contribution is 5.45. The van der Waals surface area contributed by atoms with Crippen molar-refractivity contribution in [1.29, 1.82) is 0 Å². The SMILES string of the molecule is CNC1CCN(c2cc(C3CCC3)nc(N)n2)C1. The fraction of sp³-hybridized carbons (Fsp3) is 0.692. The van der Waals surface area contributed by atoms with Gasteiger partial charge in [0.25, 0.3) is 0 Å². The van der Waals surface area contributed by atoms with Crippen LogP contribution in [0.1, 0.15) is 37.3 Å². The second-order valence-corrected chi connectivity index (χ2v) is 5.36. The van der Waals surface area contributed by atoms with E-state index in [1.165, 1.54) is 25.7 Å². The predicted octanol–water partition coefficient (Wildman–Crippen LogP) is 1.12. The summed E-state index contributed by atoms with van der Waals surface area (Å²) in [5, 5.41) is 3.32. The van der Waals surface area contributed by atoms with Gasteiger partial charge in [0.2, 0.25) is 5.95 Å². The van der Waals surface area contributed by atoms with Gasteiger partial charge in [0, 0.05) is 31.1 Å². The molecule has 1 saturated carbocycles. The molecule has 98 valence electrons. The molecule has 0 radical (unpaired) electrons. The molecule has 1 aromatic heterocycles. The van der Waals surface area contributed by atoms with Crippen molar-refractivity contribution in [2.75, 3.05) is 30.8 Å². The molecule has 0 amide bonds. The van der Waals surface area contributed by atoms with E-state index in [1.807, 2.05) is 7.05 Å². The summed E-state index contributed by atoms with van der Waals surface area (Å²) in [4.78, 5) is 11.1. The van der Waals surface area contributed by atoms with E-state index in [1.54, 1.807) is 0 Å². The Labute approximate surface area is 108 Å². The topological polar surface area (TPSA) is 67.1 Å². The van der Waals surface area contributed by atoms with Gasteiger partial charge in [0.1, 0.15) is 5.82 Å². The third kappa shape index (κ3) is 2.14.